The molecular formula is C15H23N3O2S. The van der Waals surface area contributed by atoms with Crippen molar-refractivity contribution in [2.75, 3.05) is 0 Å². The first-order valence-corrected chi connectivity index (χ1v) is 8.20. The first-order chi connectivity index (χ1) is 10.0. The molecule has 0 aliphatic heterocycles. The zero-order valence-electron chi connectivity index (χ0n) is 12.6. The average Bonchev–Trinajstić information content (AvgIpc) is 2.84. The van der Waals surface area contributed by atoms with E-state index < -0.39 is 0 Å². The van der Waals surface area contributed by atoms with E-state index in [9.17, 15) is 4.79 Å². The summed E-state index contributed by atoms with van der Waals surface area (Å²) >= 11 is 1.48. The van der Waals surface area contributed by atoms with Crippen molar-refractivity contribution in [3.8, 4) is 0 Å². The minimum atomic E-state index is -0.384. The summed E-state index contributed by atoms with van der Waals surface area (Å²) in [6.45, 7) is 3.99. The maximum absolute atomic E-state index is 12.4. The Labute approximate surface area is 129 Å². The van der Waals surface area contributed by atoms with Gasteiger partial charge in [0.2, 0.25) is 0 Å². The van der Waals surface area contributed by atoms with Crippen LogP contribution in [0.25, 0.3) is 0 Å². The van der Waals surface area contributed by atoms with E-state index in [0.29, 0.717) is 4.88 Å². The van der Waals surface area contributed by atoms with Gasteiger partial charge in [-0.3, -0.25) is 4.79 Å². The predicted octanol–water partition coefficient (Wildman–Crippen LogP) is 2.79. The highest BCUT2D eigenvalue weighted by atomic mass is 32.1. The molecule has 0 aromatic carbocycles. The third kappa shape index (κ3) is 3.75. The SMILES string of the molecule is Cc1cc(C(=O)NC(C(N)=NO)C2CCCCC2)sc1C. The lowest BCUT2D eigenvalue weighted by Crippen LogP contribution is -2.49. The Kier molecular flexibility index (Phi) is 5.22. The summed E-state index contributed by atoms with van der Waals surface area (Å²) in [7, 11) is 0. The number of aryl methyl sites for hydroxylation is 2. The van der Waals surface area contributed by atoms with E-state index in [4.69, 9.17) is 10.9 Å². The standard InChI is InChI=1S/C15H23N3O2S/c1-9-8-12(21-10(9)2)15(19)17-13(14(16)18-20)11-6-4-3-5-7-11/h8,11,13,20H,3-7H2,1-2H3,(H2,16,18)(H,17,19). The molecule has 0 bridgehead atoms. The van der Waals surface area contributed by atoms with Crippen molar-refractivity contribution in [1.82, 2.24) is 5.32 Å². The van der Waals surface area contributed by atoms with Crippen LogP contribution in [0.2, 0.25) is 0 Å². The number of hydrogen-bond acceptors (Lipinski definition) is 4. The third-order valence-electron chi connectivity index (χ3n) is 4.23. The minimum absolute atomic E-state index is 0.0975. The molecule has 1 heterocycles. The number of amidine groups is 1. The summed E-state index contributed by atoms with van der Waals surface area (Å²) in [6.07, 6.45) is 5.49. The van der Waals surface area contributed by atoms with Gasteiger partial charge in [0.15, 0.2) is 5.84 Å². The quantitative estimate of drug-likeness (QED) is 0.346. The lowest BCUT2D eigenvalue weighted by molar-refractivity contribution is 0.0934. The molecule has 1 amide bonds. The van der Waals surface area contributed by atoms with Gasteiger partial charge in [-0.2, -0.15) is 0 Å². The van der Waals surface area contributed by atoms with E-state index in [1.54, 1.807) is 0 Å². The van der Waals surface area contributed by atoms with Crippen LogP contribution in [-0.4, -0.2) is 23.0 Å². The van der Waals surface area contributed by atoms with Gasteiger partial charge in [0, 0.05) is 4.88 Å². The van der Waals surface area contributed by atoms with Gasteiger partial charge in [-0.1, -0.05) is 24.4 Å². The van der Waals surface area contributed by atoms with Crippen LogP contribution in [0.5, 0.6) is 0 Å². The van der Waals surface area contributed by atoms with Gasteiger partial charge >= 0.3 is 0 Å². The van der Waals surface area contributed by atoms with Crippen LogP contribution >= 0.6 is 11.3 Å². The van der Waals surface area contributed by atoms with Crippen LogP contribution in [0, 0.1) is 19.8 Å². The number of nitrogens with one attached hydrogen (secondary N) is 1. The zero-order chi connectivity index (χ0) is 15.4. The van der Waals surface area contributed by atoms with Gasteiger partial charge in [-0.05, 0) is 44.2 Å². The van der Waals surface area contributed by atoms with E-state index in [0.717, 1.165) is 36.1 Å². The molecule has 1 saturated carbocycles. The van der Waals surface area contributed by atoms with Gasteiger partial charge in [0.05, 0.1) is 10.9 Å². The smallest absolute Gasteiger partial charge is 0.261 e. The van der Waals surface area contributed by atoms with Crippen molar-refractivity contribution >= 4 is 23.1 Å². The number of oxime groups is 1. The lowest BCUT2D eigenvalue weighted by Gasteiger charge is -2.29. The first-order valence-electron chi connectivity index (χ1n) is 7.38. The second-order valence-corrected chi connectivity index (χ2v) is 6.98. The van der Waals surface area contributed by atoms with E-state index in [2.05, 4.69) is 10.5 Å². The van der Waals surface area contributed by atoms with Gasteiger partial charge in [-0.15, -0.1) is 11.3 Å². The van der Waals surface area contributed by atoms with Gasteiger partial charge in [-0.25, -0.2) is 0 Å². The van der Waals surface area contributed by atoms with Gasteiger partial charge in [0.1, 0.15) is 0 Å². The first kappa shape index (κ1) is 15.8. The van der Waals surface area contributed by atoms with Crippen molar-refractivity contribution in [1.29, 1.82) is 0 Å². The number of rotatable bonds is 4. The fourth-order valence-corrected chi connectivity index (χ4v) is 3.80. The van der Waals surface area contributed by atoms with Crippen LogP contribution in [0.4, 0.5) is 0 Å². The molecular weight excluding hydrogens is 286 g/mol. The molecule has 4 N–H and O–H groups in total. The topological polar surface area (TPSA) is 87.7 Å². The Morgan fingerprint density at radius 3 is 2.62 bits per heavy atom. The number of nitrogens with zero attached hydrogens (tertiary/aromatic N) is 1. The molecule has 5 nitrogen and oxygen atoms in total. The molecule has 1 aromatic heterocycles. The van der Waals surface area contributed by atoms with Crippen LogP contribution < -0.4 is 11.1 Å². The summed E-state index contributed by atoms with van der Waals surface area (Å²) in [5.74, 6) is 0.208. The summed E-state index contributed by atoms with van der Waals surface area (Å²) < 4.78 is 0. The summed E-state index contributed by atoms with van der Waals surface area (Å²) in [6, 6.07) is 1.50. The molecule has 1 aliphatic rings. The van der Waals surface area contributed by atoms with Crippen molar-refractivity contribution < 1.29 is 10.0 Å². The third-order valence-corrected chi connectivity index (χ3v) is 5.38. The second kappa shape index (κ2) is 6.93. The fraction of sp³-hybridized carbons (Fsp3) is 0.600. The maximum Gasteiger partial charge on any atom is 0.261 e. The molecule has 116 valence electrons. The molecule has 1 fully saturated rings. The van der Waals surface area contributed by atoms with Gasteiger partial charge < -0.3 is 16.3 Å². The molecule has 6 heteroatoms. The van der Waals surface area contributed by atoms with Crippen molar-refractivity contribution in [3.05, 3.63) is 21.4 Å². The van der Waals surface area contributed by atoms with Crippen LogP contribution in [0.1, 0.15) is 52.2 Å². The minimum Gasteiger partial charge on any atom is -0.409 e. The Bertz CT molecular complexity index is 514. The Morgan fingerprint density at radius 1 is 1.43 bits per heavy atom. The second-order valence-electron chi connectivity index (χ2n) is 5.72. The maximum atomic E-state index is 12.4. The molecule has 1 aromatic rings. The molecule has 1 atom stereocenters. The summed E-state index contributed by atoms with van der Waals surface area (Å²) in [5.41, 5.74) is 6.91. The number of hydrogen-bond donors (Lipinski definition) is 3. The van der Waals surface area contributed by atoms with Gasteiger partial charge in [0.25, 0.3) is 5.91 Å². The zero-order valence-corrected chi connectivity index (χ0v) is 13.4. The molecule has 0 radical (unpaired) electrons. The monoisotopic (exact) mass is 309 g/mol. The molecule has 2 rings (SSSR count). The molecule has 0 saturated heterocycles. The van der Waals surface area contributed by atoms with Crippen LogP contribution in [0.3, 0.4) is 0 Å². The van der Waals surface area contributed by atoms with E-state index in [1.807, 2.05) is 19.9 Å². The number of thiophene rings is 1. The van der Waals surface area contributed by atoms with Crippen molar-refractivity contribution in [2.45, 2.75) is 52.0 Å². The molecule has 1 unspecified atom stereocenters. The highest BCUT2D eigenvalue weighted by molar-refractivity contribution is 7.14. The van der Waals surface area contributed by atoms with E-state index in [-0.39, 0.29) is 23.7 Å². The highest BCUT2D eigenvalue weighted by Crippen LogP contribution is 2.27. The molecule has 21 heavy (non-hydrogen) atoms. The number of amides is 1. The fourth-order valence-electron chi connectivity index (χ4n) is 2.86. The normalized spacial score (nSPS) is 18.5. The van der Waals surface area contributed by atoms with E-state index in [1.165, 1.54) is 17.8 Å². The summed E-state index contributed by atoms with van der Waals surface area (Å²) in [5, 5.41) is 15.0. The van der Waals surface area contributed by atoms with Crippen molar-refractivity contribution in [2.24, 2.45) is 16.8 Å². The summed E-state index contributed by atoms with van der Waals surface area (Å²) in [4.78, 5) is 14.2. The van der Waals surface area contributed by atoms with E-state index >= 15 is 0 Å². The Morgan fingerprint density at radius 2 is 2.10 bits per heavy atom. The molecule has 0 spiro atoms. The Hall–Kier alpha value is -1.56. The molecule has 1 aliphatic carbocycles. The largest absolute Gasteiger partial charge is 0.409 e. The van der Waals surface area contributed by atoms with Crippen LogP contribution in [-0.2, 0) is 0 Å². The van der Waals surface area contributed by atoms with Crippen molar-refractivity contribution in [3.63, 3.8) is 0 Å². The predicted molar refractivity (Wildman–Crippen MR) is 85.0 cm³/mol. The number of carbonyl (C=O) groups excluding carboxylic acids is 1. The number of nitrogens with two attached hydrogens (primary N) is 1. The highest BCUT2D eigenvalue weighted by Gasteiger charge is 2.29. The average molecular weight is 309 g/mol. The Balaban J connectivity index is 2.12. The lowest BCUT2D eigenvalue weighted by atomic mass is 9.83. The van der Waals surface area contributed by atoms with Crippen LogP contribution in [0.15, 0.2) is 11.2 Å². The number of carbonyl (C=O) groups is 1.